The number of hydrogen-bond acceptors (Lipinski definition) is 4. The van der Waals surface area contributed by atoms with Crippen molar-refractivity contribution in [3.63, 3.8) is 0 Å². The first kappa shape index (κ1) is 20.0. The van der Waals surface area contributed by atoms with Crippen LogP contribution in [0.4, 0.5) is 4.39 Å². The van der Waals surface area contributed by atoms with Gasteiger partial charge in [-0.1, -0.05) is 37.5 Å². The van der Waals surface area contributed by atoms with Gasteiger partial charge in [0.1, 0.15) is 5.82 Å². The van der Waals surface area contributed by atoms with Gasteiger partial charge in [0, 0.05) is 37.5 Å². The van der Waals surface area contributed by atoms with E-state index in [9.17, 15) is 18.8 Å². The first-order valence-corrected chi connectivity index (χ1v) is 10.5. The Morgan fingerprint density at radius 1 is 1.10 bits per heavy atom. The van der Waals surface area contributed by atoms with Crippen molar-refractivity contribution in [3.8, 4) is 0 Å². The standard InChI is InChI=1S/C22H27FN2O4/c23-18-9-5-4-8-17(18)22(14-19(26)24-10-12-29-13-11-24)15-20(27)25(21(22)28)16-6-2-1-3-7-16/h4-5,8-9,16H,1-3,6-7,10-15H2/t22-/m1/s1. The molecule has 0 N–H and O–H groups in total. The quantitative estimate of drug-likeness (QED) is 0.726. The van der Waals surface area contributed by atoms with Crippen LogP contribution in [0.1, 0.15) is 50.5 Å². The number of carbonyl (C=O) groups excluding carboxylic acids is 3. The molecule has 1 aromatic carbocycles. The van der Waals surface area contributed by atoms with Crippen molar-refractivity contribution in [2.24, 2.45) is 0 Å². The molecule has 2 aliphatic heterocycles. The number of likely N-dealkylation sites (tertiary alicyclic amines) is 1. The van der Waals surface area contributed by atoms with Gasteiger partial charge in [-0.2, -0.15) is 0 Å². The number of benzene rings is 1. The largest absolute Gasteiger partial charge is 0.378 e. The minimum Gasteiger partial charge on any atom is -0.378 e. The molecule has 0 unspecified atom stereocenters. The molecule has 3 fully saturated rings. The van der Waals surface area contributed by atoms with E-state index in [4.69, 9.17) is 4.74 Å². The summed E-state index contributed by atoms with van der Waals surface area (Å²) in [6.45, 7) is 1.78. The van der Waals surface area contributed by atoms with Crippen molar-refractivity contribution in [1.82, 2.24) is 9.80 Å². The molecule has 0 bridgehead atoms. The van der Waals surface area contributed by atoms with Crippen LogP contribution in [-0.4, -0.2) is 59.9 Å². The number of morpholine rings is 1. The molecule has 3 amide bonds. The minimum atomic E-state index is -1.46. The van der Waals surface area contributed by atoms with Gasteiger partial charge in [0.25, 0.3) is 0 Å². The van der Waals surface area contributed by atoms with Crippen molar-refractivity contribution in [2.45, 2.75) is 56.4 Å². The number of ether oxygens (including phenoxy) is 1. The molecule has 0 radical (unpaired) electrons. The van der Waals surface area contributed by atoms with Crippen molar-refractivity contribution >= 4 is 17.7 Å². The zero-order valence-corrected chi connectivity index (χ0v) is 16.6. The van der Waals surface area contributed by atoms with Gasteiger partial charge in [0.15, 0.2) is 0 Å². The summed E-state index contributed by atoms with van der Waals surface area (Å²) in [6, 6.07) is 5.89. The molecule has 2 saturated heterocycles. The molecule has 3 aliphatic rings. The van der Waals surface area contributed by atoms with Crippen LogP contribution in [0, 0.1) is 5.82 Å². The number of halogens is 1. The monoisotopic (exact) mass is 402 g/mol. The Morgan fingerprint density at radius 2 is 1.79 bits per heavy atom. The Kier molecular flexibility index (Phi) is 5.67. The van der Waals surface area contributed by atoms with Gasteiger partial charge in [-0.25, -0.2) is 4.39 Å². The van der Waals surface area contributed by atoms with Gasteiger partial charge < -0.3 is 9.64 Å². The third-order valence-corrected chi connectivity index (χ3v) is 6.50. The lowest BCUT2D eigenvalue weighted by Crippen LogP contribution is -2.48. The van der Waals surface area contributed by atoms with E-state index in [2.05, 4.69) is 0 Å². The molecule has 1 saturated carbocycles. The van der Waals surface area contributed by atoms with E-state index in [0.29, 0.717) is 26.3 Å². The molecular weight excluding hydrogens is 375 g/mol. The highest BCUT2D eigenvalue weighted by molar-refractivity contribution is 6.11. The third-order valence-electron chi connectivity index (χ3n) is 6.50. The predicted molar refractivity (Wildman–Crippen MR) is 103 cm³/mol. The Balaban J connectivity index is 1.69. The van der Waals surface area contributed by atoms with Crippen LogP contribution in [0.3, 0.4) is 0 Å². The fraction of sp³-hybridized carbons (Fsp3) is 0.591. The summed E-state index contributed by atoms with van der Waals surface area (Å²) in [5.41, 5.74) is -1.31. The molecule has 0 aromatic heterocycles. The van der Waals surface area contributed by atoms with Crippen LogP contribution < -0.4 is 0 Å². The second-order valence-corrected chi connectivity index (χ2v) is 8.27. The van der Waals surface area contributed by atoms with Crippen molar-refractivity contribution < 1.29 is 23.5 Å². The van der Waals surface area contributed by atoms with E-state index >= 15 is 0 Å². The summed E-state index contributed by atoms with van der Waals surface area (Å²) < 4.78 is 20.1. The fourth-order valence-corrected chi connectivity index (χ4v) is 4.95. The van der Waals surface area contributed by atoms with E-state index in [1.165, 1.54) is 17.0 Å². The molecular formula is C22H27FN2O4. The van der Waals surface area contributed by atoms with E-state index in [-0.39, 0.29) is 36.3 Å². The van der Waals surface area contributed by atoms with Gasteiger partial charge in [-0.15, -0.1) is 0 Å². The number of rotatable bonds is 4. The summed E-state index contributed by atoms with van der Waals surface area (Å²) in [5.74, 6) is -1.49. The van der Waals surface area contributed by atoms with Gasteiger partial charge in [0.2, 0.25) is 17.7 Å². The minimum absolute atomic E-state index is 0.143. The number of imide groups is 1. The summed E-state index contributed by atoms with van der Waals surface area (Å²) in [6.07, 6.45) is 4.26. The molecule has 1 aromatic rings. The summed E-state index contributed by atoms with van der Waals surface area (Å²) in [7, 11) is 0. The van der Waals surface area contributed by atoms with Crippen molar-refractivity contribution in [1.29, 1.82) is 0 Å². The van der Waals surface area contributed by atoms with E-state index in [1.807, 2.05) is 0 Å². The van der Waals surface area contributed by atoms with Crippen LogP contribution in [0.25, 0.3) is 0 Å². The van der Waals surface area contributed by atoms with E-state index in [0.717, 1.165) is 32.1 Å². The average molecular weight is 402 g/mol. The highest BCUT2D eigenvalue weighted by Crippen LogP contribution is 2.43. The van der Waals surface area contributed by atoms with Crippen LogP contribution in [0.2, 0.25) is 0 Å². The van der Waals surface area contributed by atoms with Crippen LogP contribution in [0.15, 0.2) is 24.3 Å². The highest BCUT2D eigenvalue weighted by atomic mass is 19.1. The average Bonchev–Trinajstić information content (AvgIpc) is 2.99. The lowest BCUT2D eigenvalue weighted by atomic mass is 9.75. The Labute approximate surface area is 170 Å². The SMILES string of the molecule is O=C(C[C@]1(c2ccccc2F)CC(=O)N(C2CCCCC2)C1=O)N1CCOCC1. The molecule has 29 heavy (non-hydrogen) atoms. The molecule has 6 nitrogen and oxygen atoms in total. The maximum Gasteiger partial charge on any atom is 0.241 e. The van der Waals surface area contributed by atoms with Crippen molar-refractivity contribution in [3.05, 3.63) is 35.6 Å². The van der Waals surface area contributed by atoms with Crippen LogP contribution in [-0.2, 0) is 24.5 Å². The second-order valence-electron chi connectivity index (χ2n) is 8.27. The van der Waals surface area contributed by atoms with Crippen LogP contribution >= 0.6 is 0 Å². The van der Waals surface area contributed by atoms with Crippen LogP contribution in [0.5, 0.6) is 0 Å². The lowest BCUT2D eigenvalue weighted by molar-refractivity contribution is -0.146. The number of amides is 3. The second kappa shape index (κ2) is 8.22. The van der Waals surface area contributed by atoms with Gasteiger partial charge in [-0.05, 0) is 18.9 Å². The maximum atomic E-state index is 14.8. The molecule has 0 spiro atoms. The summed E-state index contributed by atoms with van der Waals surface area (Å²) in [5, 5.41) is 0. The summed E-state index contributed by atoms with van der Waals surface area (Å²) in [4.78, 5) is 42.7. The summed E-state index contributed by atoms with van der Waals surface area (Å²) >= 11 is 0. The van der Waals surface area contributed by atoms with Gasteiger partial charge >= 0.3 is 0 Å². The Bertz CT molecular complexity index is 802. The molecule has 2 heterocycles. The molecule has 1 aliphatic carbocycles. The predicted octanol–water partition coefficient (Wildman–Crippen LogP) is 2.40. The molecule has 1 atom stereocenters. The fourth-order valence-electron chi connectivity index (χ4n) is 4.95. The molecule has 7 heteroatoms. The van der Waals surface area contributed by atoms with E-state index < -0.39 is 17.1 Å². The topological polar surface area (TPSA) is 66.9 Å². The number of nitrogens with zero attached hydrogens (tertiary/aromatic N) is 2. The molecule has 4 rings (SSSR count). The van der Waals surface area contributed by atoms with Gasteiger partial charge in [0.05, 0.1) is 18.6 Å². The van der Waals surface area contributed by atoms with E-state index in [1.54, 1.807) is 17.0 Å². The zero-order chi connectivity index (χ0) is 20.4. The Hall–Kier alpha value is -2.28. The normalized spacial score (nSPS) is 26.2. The van der Waals surface area contributed by atoms with Gasteiger partial charge in [-0.3, -0.25) is 19.3 Å². The highest BCUT2D eigenvalue weighted by Gasteiger charge is 2.56. The first-order chi connectivity index (χ1) is 14.0. The first-order valence-electron chi connectivity index (χ1n) is 10.5. The third kappa shape index (κ3) is 3.68. The zero-order valence-electron chi connectivity index (χ0n) is 16.6. The number of hydrogen-bond donors (Lipinski definition) is 0. The lowest BCUT2D eigenvalue weighted by Gasteiger charge is -2.34. The molecule has 156 valence electrons. The smallest absolute Gasteiger partial charge is 0.241 e. The number of carbonyl (C=O) groups is 3. The maximum absolute atomic E-state index is 14.8. The Morgan fingerprint density at radius 3 is 2.48 bits per heavy atom. The van der Waals surface area contributed by atoms with Crippen molar-refractivity contribution in [2.75, 3.05) is 26.3 Å².